The molecule has 0 bridgehead atoms. The molecule has 1 atom stereocenters. The van der Waals surface area contributed by atoms with Crippen molar-refractivity contribution in [1.82, 2.24) is 10.2 Å². The fraction of sp³-hybridized carbons (Fsp3) is 1.00. The molecule has 3 heteroatoms. The maximum absolute atomic E-state index is 3.44. The molecule has 0 aliphatic carbocycles. The van der Waals surface area contributed by atoms with Gasteiger partial charge < -0.3 is 5.32 Å². The summed E-state index contributed by atoms with van der Waals surface area (Å²) in [6.07, 6.45) is 6.97. The highest BCUT2D eigenvalue weighted by Crippen LogP contribution is 2.23. The van der Waals surface area contributed by atoms with Crippen LogP contribution in [0.4, 0.5) is 0 Å². The van der Waals surface area contributed by atoms with Crippen LogP contribution in [0.3, 0.4) is 0 Å². The molecule has 2 fully saturated rings. The predicted molar refractivity (Wildman–Crippen MR) is 73.2 cm³/mol. The standard InChI is InChI=1S/C13H26N2S/c1-2-12-4-3-9-15(12)10-11-16-13-5-7-14-8-6-13/h12-14H,2-11H2,1H3. The topological polar surface area (TPSA) is 15.3 Å². The number of hydrogen-bond donors (Lipinski definition) is 1. The number of nitrogens with zero attached hydrogens (tertiary/aromatic N) is 1. The Labute approximate surface area is 105 Å². The van der Waals surface area contributed by atoms with E-state index >= 15 is 0 Å². The molecule has 2 rings (SSSR count). The highest BCUT2D eigenvalue weighted by atomic mass is 32.2. The Morgan fingerprint density at radius 2 is 2.06 bits per heavy atom. The van der Waals surface area contributed by atoms with E-state index in [-0.39, 0.29) is 0 Å². The summed E-state index contributed by atoms with van der Waals surface area (Å²) >= 11 is 2.22. The second kappa shape index (κ2) is 6.87. The maximum atomic E-state index is 3.44. The molecule has 16 heavy (non-hydrogen) atoms. The zero-order valence-electron chi connectivity index (χ0n) is 10.6. The summed E-state index contributed by atoms with van der Waals surface area (Å²) in [5.74, 6) is 1.35. The quantitative estimate of drug-likeness (QED) is 0.797. The molecule has 0 spiro atoms. The Kier molecular flexibility index (Phi) is 5.46. The molecule has 2 heterocycles. The van der Waals surface area contributed by atoms with Gasteiger partial charge >= 0.3 is 0 Å². The summed E-state index contributed by atoms with van der Waals surface area (Å²) in [6.45, 7) is 7.49. The minimum atomic E-state index is 0.897. The van der Waals surface area contributed by atoms with E-state index in [1.807, 2.05) is 0 Å². The van der Waals surface area contributed by atoms with Gasteiger partial charge in [-0.25, -0.2) is 0 Å². The molecule has 0 amide bonds. The van der Waals surface area contributed by atoms with Crippen LogP contribution in [0.25, 0.3) is 0 Å². The number of hydrogen-bond acceptors (Lipinski definition) is 3. The molecule has 2 nitrogen and oxygen atoms in total. The van der Waals surface area contributed by atoms with E-state index in [1.165, 1.54) is 64.0 Å². The van der Waals surface area contributed by atoms with Crippen molar-refractivity contribution in [3.63, 3.8) is 0 Å². The second-order valence-electron chi connectivity index (χ2n) is 5.06. The van der Waals surface area contributed by atoms with Crippen molar-refractivity contribution in [3.05, 3.63) is 0 Å². The monoisotopic (exact) mass is 242 g/mol. The van der Waals surface area contributed by atoms with Gasteiger partial charge in [-0.2, -0.15) is 11.8 Å². The van der Waals surface area contributed by atoms with Crippen LogP contribution in [-0.4, -0.2) is 48.1 Å². The Bertz CT molecular complexity index is 192. The Balaban J connectivity index is 1.59. The van der Waals surface area contributed by atoms with Crippen LogP contribution in [-0.2, 0) is 0 Å². The molecule has 1 unspecified atom stereocenters. The van der Waals surface area contributed by atoms with Crippen molar-refractivity contribution in [3.8, 4) is 0 Å². The van der Waals surface area contributed by atoms with E-state index in [0.717, 1.165) is 11.3 Å². The number of likely N-dealkylation sites (tertiary alicyclic amines) is 1. The molecular weight excluding hydrogens is 216 g/mol. The van der Waals surface area contributed by atoms with Crippen LogP contribution in [0.2, 0.25) is 0 Å². The van der Waals surface area contributed by atoms with E-state index in [9.17, 15) is 0 Å². The average Bonchev–Trinajstić information content (AvgIpc) is 2.78. The van der Waals surface area contributed by atoms with Crippen molar-refractivity contribution in [2.45, 2.75) is 50.3 Å². The molecule has 94 valence electrons. The molecule has 1 N–H and O–H groups in total. The lowest BCUT2D eigenvalue weighted by atomic mass is 10.2. The number of thioether (sulfide) groups is 1. The first-order valence-corrected chi connectivity index (χ1v) is 8.01. The summed E-state index contributed by atoms with van der Waals surface area (Å²) in [5, 5.41) is 4.37. The van der Waals surface area contributed by atoms with Crippen molar-refractivity contribution < 1.29 is 0 Å². The van der Waals surface area contributed by atoms with E-state index in [0.29, 0.717) is 0 Å². The lowest BCUT2D eigenvalue weighted by molar-refractivity contribution is 0.264. The van der Waals surface area contributed by atoms with Crippen LogP contribution in [0, 0.1) is 0 Å². The van der Waals surface area contributed by atoms with Crippen LogP contribution in [0.15, 0.2) is 0 Å². The first-order chi connectivity index (χ1) is 7.90. The summed E-state index contributed by atoms with van der Waals surface area (Å²) in [4.78, 5) is 2.72. The highest BCUT2D eigenvalue weighted by molar-refractivity contribution is 7.99. The fourth-order valence-corrected chi connectivity index (χ4v) is 4.19. The minimum Gasteiger partial charge on any atom is -0.317 e. The number of nitrogens with one attached hydrogen (secondary N) is 1. The predicted octanol–water partition coefficient (Wildman–Crippen LogP) is 2.35. The molecule has 0 aromatic rings. The van der Waals surface area contributed by atoms with Gasteiger partial charge in [-0.3, -0.25) is 4.90 Å². The largest absolute Gasteiger partial charge is 0.317 e. The van der Waals surface area contributed by atoms with Gasteiger partial charge in [0.15, 0.2) is 0 Å². The SMILES string of the molecule is CCC1CCCN1CCSC1CCNCC1. The molecule has 0 radical (unpaired) electrons. The summed E-state index contributed by atoms with van der Waals surface area (Å²) < 4.78 is 0. The third-order valence-electron chi connectivity index (χ3n) is 3.99. The minimum absolute atomic E-state index is 0.897. The van der Waals surface area contributed by atoms with Crippen LogP contribution >= 0.6 is 11.8 Å². The number of rotatable bonds is 5. The highest BCUT2D eigenvalue weighted by Gasteiger charge is 2.22. The van der Waals surface area contributed by atoms with Crippen molar-refractivity contribution in [2.75, 3.05) is 31.9 Å². The van der Waals surface area contributed by atoms with Crippen molar-refractivity contribution >= 4 is 11.8 Å². The summed E-state index contributed by atoms with van der Waals surface area (Å²) in [5.41, 5.74) is 0. The molecule has 2 aliphatic heterocycles. The van der Waals surface area contributed by atoms with Gasteiger partial charge in [0, 0.05) is 23.6 Å². The Morgan fingerprint density at radius 1 is 1.25 bits per heavy atom. The van der Waals surface area contributed by atoms with Gasteiger partial charge in [0.05, 0.1) is 0 Å². The normalized spacial score (nSPS) is 28.7. The lowest BCUT2D eigenvalue weighted by Crippen LogP contribution is -2.32. The lowest BCUT2D eigenvalue weighted by Gasteiger charge is -2.26. The first kappa shape index (κ1) is 12.7. The van der Waals surface area contributed by atoms with Gasteiger partial charge in [0.2, 0.25) is 0 Å². The van der Waals surface area contributed by atoms with Crippen molar-refractivity contribution in [2.24, 2.45) is 0 Å². The smallest absolute Gasteiger partial charge is 0.00934 e. The zero-order chi connectivity index (χ0) is 11.2. The second-order valence-corrected chi connectivity index (χ2v) is 6.47. The fourth-order valence-electron chi connectivity index (χ4n) is 2.95. The summed E-state index contributed by atoms with van der Waals surface area (Å²) in [7, 11) is 0. The van der Waals surface area contributed by atoms with Crippen LogP contribution in [0.5, 0.6) is 0 Å². The molecule has 2 aliphatic rings. The molecule has 0 aromatic heterocycles. The zero-order valence-corrected chi connectivity index (χ0v) is 11.4. The molecule has 0 saturated carbocycles. The van der Waals surface area contributed by atoms with Gasteiger partial charge in [0.25, 0.3) is 0 Å². The Morgan fingerprint density at radius 3 is 2.81 bits per heavy atom. The van der Waals surface area contributed by atoms with Crippen molar-refractivity contribution in [1.29, 1.82) is 0 Å². The molecule has 2 saturated heterocycles. The average molecular weight is 242 g/mol. The van der Waals surface area contributed by atoms with Crippen LogP contribution in [0.1, 0.15) is 39.0 Å². The Hall–Kier alpha value is 0.270. The number of piperidine rings is 1. The maximum Gasteiger partial charge on any atom is 0.00934 e. The van der Waals surface area contributed by atoms with E-state index in [1.54, 1.807) is 0 Å². The van der Waals surface area contributed by atoms with E-state index in [2.05, 4.69) is 28.9 Å². The first-order valence-electron chi connectivity index (χ1n) is 6.96. The van der Waals surface area contributed by atoms with Gasteiger partial charge in [-0.1, -0.05) is 6.92 Å². The van der Waals surface area contributed by atoms with Crippen LogP contribution < -0.4 is 5.32 Å². The third kappa shape index (κ3) is 3.64. The van der Waals surface area contributed by atoms with Gasteiger partial charge in [-0.05, 0) is 51.7 Å². The molecule has 0 aromatic carbocycles. The molecular formula is C13H26N2S. The van der Waals surface area contributed by atoms with E-state index in [4.69, 9.17) is 0 Å². The van der Waals surface area contributed by atoms with Gasteiger partial charge in [-0.15, -0.1) is 0 Å². The third-order valence-corrected chi connectivity index (χ3v) is 5.35. The van der Waals surface area contributed by atoms with E-state index < -0.39 is 0 Å². The van der Waals surface area contributed by atoms with Gasteiger partial charge in [0.1, 0.15) is 0 Å². The summed E-state index contributed by atoms with van der Waals surface area (Å²) in [6, 6.07) is 0.897.